The molecule has 2 heterocycles. The monoisotopic (exact) mass is 374 g/mol. The fourth-order valence-corrected chi connectivity index (χ4v) is 3.34. The number of nitrogens with zero attached hydrogens (tertiary/aromatic N) is 4. The van der Waals surface area contributed by atoms with Crippen LogP contribution in [0.1, 0.15) is 31.2 Å². The van der Waals surface area contributed by atoms with Crippen LogP contribution in [0.5, 0.6) is 0 Å². The zero-order valence-corrected chi connectivity index (χ0v) is 15.9. The van der Waals surface area contributed by atoms with E-state index in [1.165, 1.54) is 18.5 Å². The van der Waals surface area contributed by atoms with Gasteiger partial charge < -0.3 is 15.4 Å². The average molecular weight is 374 g/mol. The molecule has 0 spiro atoms. The molecule has 0 radical (unpaired) electrons. The molecule has 0 bridgehead atoms. The van der Waals surface area contributed by atoms with Crippen LogP contribution in [0.2, 0.25) is 0 Å². The number of ether oxygens (including phenoxy) is 1. The van der Waals surface area contributed by atoms with Gasteiger partial charge in [-0.1, -0.05) is 12.1 Å². The van der Waals surface area contributed by atoms with Crippen LogP contribution in [-0.2, 0) is 23.7 Å². The van der Waals surface area contributed by atoms with Crippen LogP contribution >= 0.6 is 0 Å². The van der Waals surface area contributed by atoms with Crippen LogP contribution in [0.4, 0.5) is 4.39 Å². The molecule has 146 valence electrons. The summed E-state index contributed by atoms with van der Waals surface area (Å²) in [7, 11) is 1.85. The Balaban J connectivity index is 1.73. The van der Waals surface area contributed by atoms with Gasteiger partial charge in [0, 0.05) is 38.8 Å². The van der Waals surface area contributed by atoms with E-state index in [1.54, 1.807) is 4.68 Å². The minimum atomic E-state index is -0.215. The first kappa shape index (κ1) is 19.3. The summed E-state index contributed by atoms with van der Waals surface area (Å²) in [6.07, 6.45) is 3.29. The Kier molecular flexibility index (Phi) is 6.39. The molecule has 7 nitrogen and oxygen atoms in total. The highest BCUT2D eigenvalue weighted by Gasteiger charge is 2.34. The highest BCUT2D eigenvalue weighted by atomic mass is 19.1. The standard InChI is InChI=1S/C19H27FN6O/c1-3-21-18(22-12-17-24-14-25-26(17)2)23-13-19(8-10-27-11-9-19)15-4-6-16(20)7-5-15/h4-7,14H,3,8-13H2,1-2H3,(H2,21,22,23). The predicted molar refractivity (Wildman–Crippen MR) is 102 cm³/mol. The maximum atomic E-state index is 13.4. The second-order valence-electron chi connectivity index (χ2n) is 6.75. The first-order chi connectivity index (χ1) is 13.1. The van der Waals surface area contributed by atoms with Gasteiger partial charge in [0.25, 0.3) is 0 Å². The summed E-state index contributed by atoms with van der Waals surface area (Å²) >= 11 is 0. The van der Waals surface area contributed by atoms with Gasteiger partial charge in [-0.2, -0.15) is 5.10 Å². The van der Waals surface area contributed by atoms with E-state index in [0.717, 1.165) is 36.7 Å². The fourth-order valence-electron chi connectivity index (χ4n) is 3.34. The van der Waals surface area contributed by atoms with Crippen LogP contribution in [-0.4, -0.2) is 47.0 Å². The molecule has 2 N–H and O–H groups in total. The first-order valence-electron chi connectivity index (χ1n) is 9.32. The third-order valence-electron chi connectivity index (χ3n) is 5.03. The molecule has 0 unspecified atom stereocenters. The quantitative estimate of drug-likeness (QED) is 0.595. The van der Waals surface area contributed by atoms with Crippen molar-refractivity contribution in [1.82, 2.24) is 25.4 Å². The van der Waals surface area contributed by atoms with E-state index < -0.39 is 0 Å². The number of nitrogens with one attached hydrogen (secondary N) is 2. The molecule has 0 atom stereocenters. The summed E-state index contributed by atoms with van der Waals surface area (Å²) in [5, 5.41) is 10.8. The van der Waals surface area contributed by atoms with Gasteiger partial charge in [0.2, 0.25) is 0 Å². The zero-order chi connectivity index (χ0) is 19.1. The summed E-state index contributed by atoms with van der Waals surface area (Å²) in [4.78, 5) is 8.82. The van der Waals surface area contributed by atoms with Crippen molar-refractivity contribution in [3.63, 3.8) is 0 Å². The van der Waals surface area contributed by atoms with Crippen molar-refractivity contribution in [3.05, 3.63) is 47.8 Å². The number of aliphatic imine (C=N–C) groups is 1. The van der Waals surface area contributed by atoms with Gasteiger partial charge in [-0.3, -0.25) is 4.68 Å². The van der Waals surface area contributed by atoms with Gasteiger partial charge in [-0.15, -0.1) is 0 Å². The van der Waals surface area contributed by atoms with E-state index in [9.17, 15) is 4.39 Å². The van der Waals surface area contributed by atoms with Crippen molar-refractivity contribution < 1.29 is 9.13 Å². The fraction of sp³-hybridized carbons (Fsp3) is 0.526. The molecule has 1 aromatic carbocycles. The number of guanidine groups is 1. The lowest BCUT2D eigenvalue weighted by Gasteiger charge is -2.38. The molecule has 1 fully saturated rings. The molecule has 0 amide bonds. The lowest BCUT2D eigenvalue weighted by Crippen LogP contribution is -2.48. The first-order valence-corrected chi connectivity index (χ1v) is 9.32. The topological polar surface area (TPSA) is 76.4 Å². The smallest absolute Gasteiger partial charge is 0.191 e. The summed E-state index contributed by atoms with van der Waals surface area (Å²) in [5.41, 5.74) is 1.02. The number of benzene rings is 1. The second-order valence-corrected chi connectivity index (χ2v) is 6.75. The molecule has 1 aliphatic rings. The number of rotatable bonds is 6. The van der Waals surface area contributed by atoms with Gasteiger partial charge in [0.05, 0.1) is 0 Å². The molecule has 1 saturated heterocycles. The van der Waals surface area contributed by atoms with Crippen molar-refractivity contribution in [2.24, 2.45) is 12.0 Å². The van der Waals surface area contributed by atoms with Gasteiger partial charge in [-0.05, 0) is 37.5 Å². The predicted octanol–water partition coefficient (Wildman–Crippen LogP) is 1.76. The Hall–Kier alpha value is -2.48. The lowest BCUT2D eigenvalue weighted by atomic mass is 9.74. The molecule has 0 saturated carbocycles. The SMILES string of the molecule is CCNC(=NCc1ncnn1C)NCC1(c2ccc(F)cc2)CCOCC1. The number of halogens is 1. The van der Waals surface area contributed by atoms with Crippen molar-refractivity contribution in [3.8, 4) is 0 Å². The van der Waals surface area contributed by atoms with Gasteiger partial charge in [-0.25, -0.2) is 14.4 Å². The number of aromatic nitrogens is 3. The Morgan fingerprint density at radius 3 is 2.63 bits per heavy atom. The van der Waals surface area contributed by atoms with Crippen molar-refractivity contribution >= 4 is 5.96 Å². The number of aryl methyl sites for hydroxylation is 1. The summed E-state index contributed by atoms with van der Waals surface area (Å²) < 4.78 is 20.7. The molecular weight excluding hydrogens is 347 g/mol. The molecule has 2 aromatic rings. The minimum Gasteiger partial charge on any atom is -0.381 e. The average Bonchev–Trinajstić information content (AvgIpc) is 3.10. The highest BCUT2D eigenvalue weighted by Crippen LogP contribution is 2.34. The Bertz CT molecular complexity index is 752. The summed E-state index contributed by atoms with van der Waals surface area (Å²) in [5.74, 6) is 1.31. The van der Waals surface area contributed by atoms with Crippen LogP contribution in [0, 0.1) is 5.82 Å². The molecule has 27 heavy (non-hydrogen) atoms. The summed E-state index contributed by atoms with van der Waals surface area (Å²) in [6.45, 7) is 5.34. The van der Waals surface area contributed by atoms with Crippen LogP contribution in [0.25, 0.3) is 0 Å². The van der Waals surface area contributed by atoms with E-state index in [4.69, 9.17) is 4.74 Å². The third kappa shape index (κ3) is 4.82. The van der Waals surface area contributed by atoms with Gasteiger partial charge >= 0.3 is 0 Å². The van der Waals surface area contributed by atoms with Crippen molar-refractivity contribution in [1.29, 1.82) is 0 Å². The Labute approximate surface area is 159 Å². The summed E-state index contributed by atoms with van der Waals surface area (Å²) in [6, 6.07) is 6.82. The van der Waals surface area contributed by atoms with Crippen LogP contribution < -0.4 is 10.6 Å². The highest BCUT2D eigenvalue weighted by molar-refractivity contribution is 5.79. The van der Waals surface area contributed by atoms with Crippen LogP contribution in [0.15, 0.2) is 35.6 Å². The molecular formula is C19H27FN6O. The van der Waals surface area contributed by atoms with E-state index in [-0.39, 0.29) is 11.2 Å². The third-order valence-corrected chi connectivity index (χ3v) is 5.03. The molecule has 8 heteroatoms. The number of hydrogen-bond donors (Lipinski definition) is 2. The van der Waals surface area contributed by atoms with Gasteiger partial charge in [0.15, 0.2) is 5.96 Å². The van der Waals surface area contributed by atoms with Crippen LogP contribution in [0.3, 0.4) is 0 Å². The minimum absolute atomic E-state index is 0.104. The Morgan fingerprint density at radius 2 is 2.00 bits per heavy atom. The number of hydrogen-bond acceptors (Lipinski definition) is 4. The Morgan fingerprint density at radius 1 is 1.26 bits per heavy atom. The van der Waals surface area contributed by atoms with E-state index in [1.807, 2.05) is 26.1 Å². The zero-order valence-electron chi connectivity index (χ0n) is 15.9. The van der Waals surface area contributed by atoms with Crippen molar-refractivity contribution in [2.75, 3.05) is 26.3 Å². The second kappa shape index (κ2) is 8.94. The van der Waals surface area contributed by atoms with E-state index in [2.05, 4.69) is 25.7 Å². The largest absolute Gasteiger partial charge is 0.381 e. The maximum absolute atomic E-state index is 13.4. The van der Waals surface area contributed by atoms with Crippen molar-refractivity contribution in [2.45, 2.75) is 31.7 Å². The normalized spacial score (nSPS) is 16.9. The maximum Gasteiger partial charge on any atom is 0.191 e. The molecule has 1 aliphatic heterocycles. The van der Waals surface area contributed by atoms with E-state index in [0.29, 0.717) is 26.3 Å². The molecule has 1 aromatic heterocycles. The molecule has 3 rings (SSSR count). The van der Waals surface area contributed by atoms with Gasteiger partial charge in [0.1, 0.15) is 24.5 Å². The van der Waals surface area contributed by atoms with E-state index >= 15 is 0 Å². The molecule has 0 aliphatic carbocycles. The lowest BCUT2D eigenvalue weighted by molar-refractivity contribution is 0.0513.